The normalized spacial score (nSPS) is 20.4. The van der Waals surface area contributed by atoms with Crippen LogP contribution in [0.4, 0.5) is 11.6 Å². The van der Waals surface area contributed by atoms with E-state index in [0.29, 0.717) is 11.7 Å². The number of nitrogen functional groups attached to an aromatic ring is 1. The standard InChI is InChI=1S/C14H21N5O/c15-12-9-16-10-13(17-12)18-7-3-11(4-8-18)14(20)19-5-1-2-6-19/h9-11H,1-8H2,(H2,15,17). The maximum atomic E-state index is 12.4. The Balaban J connectivity index is 1.58. The van der Waals surface area contributed by atoms with Crippen molar-refractivity contribution in [2.45, 2.75) is 25.7 Å². The van der Waals surface area contributed by atoms with Crippen LogP contribution >= 0.6 is 0 Å². The van der Waals surface area contributed by atoms with Crippen LogP contribution in [0.2, 0.25) is 0 Å². The molecule has 1 aromatic heterocycles. The van der Waals surface area contributed by atoms with Crippen LogP contribution in [0.15, 0.2) is 12.4 Å². The molecule has 0 atom stereocenters. The summed E-state index contributed by atoms with van der Waals surface area (Å²) in [6.07, 6.45) is 7.39. The number of aromatic nitrogens is 2. The average molecular weight is 275 g/mol. The van der Waals surface area contributed by atoms with Crippen molar-refractivity contribution >= 4 is 17.5 Å². The molecule has 0 saturated carbocycles. The number of nitrogens with two attached hydrogens (primary N) is 1. The number of likely N-dealkylation sites (tertiary alicyclic amines) is 1. The molecule has 0 aromatic carbocycles. The SMILES string of the molecule is Nc1cncc(N2CCC(C(=O)N3CCCC3)CC2)n1. The molecule has 3 rings (SSSR count). The summed E-state index contributed by atoms with van der Waals surface area (Å²) < 4.78 is 0. The molecule has 2 fully saturated rings. The quantitative estimate of drug-likeness (QED) is 0.868. The second-order valence-electron chi connectivity index (χ2n) is 5.60. The van der Waals surface area contributed by atoms with Crippen molar-refractivity contribution < 1.29 is 4.79 Å². The van der Waals surface area contributed by atoms with Gasteiger partial charge in [0.1, 0.15) is 11.6 Å². The van der Waals surface area contributed by atoms with Gasteiger partial charge in [0, 0.05) is 32.1 Å². The first-order valence-corrected chi connectivity index (χ1v) is 7.35. The highest BCUT2D eigenvalue weighted by Crippen LogP contribution is 2.24. The third kappa shape index (κ3) is 2.69. The van der Waals surface area contributed by atoms with Gasteiger partial charge in [-0.1, -0.05) is 0 Å². The van der Waals surface area contributed by atoms with Crippen LogP contribution in [0.1, 0.15) is 25.7 Å². The van der Waals surface area contributed by atoms with Gasteiger partial charge in [-0.15, -0.1) is 0 Å². The first-order valence-electron chi connectivity index (χ1n) is 7.35. The molecule has 2 N–H and O–H groups in total. The van der Waals surface area contributed by atoms with Crippen molar-refractivity contribution in [3.8, 4) is 0 Å². The molecule has 1 aromatic rings. The molecule has 1 amide bonds. The van der Waals surface area contributed by atoms with Crippen LogP contribution in [0.3, 0.4) is 0 Å². The van der Waals surface area contributed by atoms with E-state index in [4.69, 9.17) is 5.73 Å². The van der Waals surface area contributed by atoms with Gasteiger partial charge in [-0.25, -0.2) is 4.98 Å². The van der Waals surface area contributed by atoms with E-state index in [1.165, 1.54) is 0 Å². The maximum Gasteiger partial charge on any atom is 0.225 e. The third-order valence-corrected chi connectivity index (χ3v) is 4.23. The minimum atomic E-state index is 0.179. The minimum absolute atomic E-state index is 0.179. The van der Waals surface area contributed by atoms with Crippen LogP contribution < -0.4 is 10.6 Å². The van der Waals surface area contributed by atoms with Gasteiger partial charge in [0.05, 0.1) is 12.4 Å². The number of hydrogen-bond acceptors (Lipinski definition) is 5. The van der Waals surface area contributed by atoms with E-state index < -0.39 is 0 Å². The van der Waals surface area contributed by atoms with Gasteiger partial charge in [-0.3, -0.25) is 9.78 Å². The van der Waals surface area contributed by atoms with E-state index in [0.717, 1.165) is 57.7 Å². The minimum Gasteiger partial charge on any atom is -0.382 e. The van der Waals surface area contributed by atoms with Gasteiger partial charge in [0.25, 0.3) is 0 Å². The Labute approximate surface area is 119 Å². The summed E-state index contributed by atoms with van der Waals surface area (Å²) >= 11 is 0. The molecule has 0 bridgehead atoms. The molecule has 2 aliphatic heterocycles. The fourth-order valence-corrected chi connectivity index (χ4v) is 3.07. The van der Waals surface area contributed by atoms with Gasteiger partial charge >= 0.3 is 0 Å². The lowest BCUT2D eigenvalue weighted by Crippen LogP contribution is -2.42. The average Bonchev–Trinajstić information content (AvgIpc) is 3.01. The zero-order valence-electron chi connectivity index (χ0n) is 11.7. The molecule has 0 unspecified atom stereocenters. The summed E-state index contributed by atoms with van der Waals surface area (Å²) in [5.74, 6) is 1.79. The van der Waals surface area contributed by atoms with Gasteiger partial charge in [0.15, 0.2) is 0 Å². The number of nitrogens with zero attached hydrogens (tertiary/aromatic N) is 4. The summed E-state index contributed by atoms with van der Waals surface area (Å²) in [5.41, 5.74) is 5.66. The maximum absolute atomic E-state index is 12.4. The summed E-state index contributed by atoms with van der Waals surface area (Å²) in [5, 5.41) is 0. The van der Waals surface area contributed by atoms with Crippen LogP contribution in [-0.4, -0.2) is 47.0 Å². The zero-order chi connectivity index (χ0) is 13.9. The predicted molar refractivity (Wildman–Crippen MR) is 77.2 cm³/mol. The monoisotopic (exact) mass is 275 g/mol. The highest BCUT2D eigenvalue weighted by Gasteiger charge is 2.30. The largest absolute Gasteiger partial charge is 0.382 e. The topological polar surface area (TPSA) is 75.3 Å². The predicted octanol–water partition coefficient (Wildman–Crippen LogP) is 0.898. The van der Waals surface area contributed by atoms with E-state index >= 15 is 0 Å². The number of carbonyl (C=O) groups excluding carboxylic acids is 1. The lowest BCUT2D eigenvalue weighted by atomic mass is 9.95. The number of amides is 1. The molecule has 2 saturated heterocycles. The van der Waals surface area contributed by atoms with Crippen LogP contribution in [-0.2, 0) is 4.79 Å². The molecule has 0 spiro atoms. The molecular weight excluding hydrogens is 254 g/mol. The Kier molecular flexibility index (Phi) is 3.71. The molecule has 6 nitrogen and oxygen atoms in total. The molecule has 6 heteroatoms. The molecule has 3 heterocycles. The van der Waals surface area contributed by atoms with E-state index in [1.807, 2.05) is 4.90 Å². The molecule has 108 valence electrons. The summed E-state index contributed by atoms with van der Waals surface area (Å²) in [6, 6.07) is 0. The Bertz CT molecular complexity index is 478. The summed E-state index contributed by atoms with van der Waals surface area (Å²) in [4.78, 5) is 24.9. The zero-order valence-corrected chi connectivity index (χ0v) is 11.7. The van der Waals surface area contributed by atoms with Crippen LogP contribution in [0.25, 0.3) is 0 Å². The van der Waals surface area contributed by atoms with Crippen molar-refractivity contribution in [3.05, 3.63) is 12.4 Å². The number of hydrogen-bond donors (Lipinski definition) is 1. The van der Waals surface area contributed by atoms with Gasteiger partial charge in [-0.05, 0) is 25.7 Å². The Morgan fingerprint density at radius 3 is 2.50 bits per heavy atom. The number of rotatable bonds is 2. The van der Waals surface area contributed by atoms with Gasteiger partial charge < -0.3 is 15.5 Å². The summed E-state index contributed by atoms with van der Waals surface area (Å²) in [7, 11) is 0. The lowest BCUT2D eigenvalue weighted by Gasteiger charge is -2.33. The highest BCUT2D eigenvalue weighted by molar-refractivity contribution is 5.79. The first kappa shape index (κ1) is 13.1. The van der Waals surface area contributed by atoms with E-state index in [-0.39, 0.29) is 5.92 Å². The Hall–Kier alpha value is -1.85. The number of anilines is 2. The Morgan fingerprint density at radius 1 is 1.15 bits per heavy atom. The molecule has 0 aliphatic carbocycles. The molecule has 0 radical (unpaired) electrons. The third-order valence-electron chi connectivity index (χ3n) is 4.23. The smallest absolute Gasteiger partial charge is 0.225 e. The van der Waals surface area contributed by atoms with Gasteiger partial charge in [-0.2, -0.15) is 0 Å². The van der Waals surface area contributed by atoms with E-state index in [2.05, 4.69) is 14.9 Å². The van der Waals surface area contributed by atoms with Crippen molar-refractivity contribution in [1.29, 1.82) is 0 Å². The van der Waals surface area contributed by atoms with Crippen LogP contribution in [0.5, 0.6) is 0 Å². The van der Waals surface area contributed by atoms with Crippen molar-refractivity contribution in [2.24, 2.45) is 5.92 Å². The second-order valence-corrected chi connectivity index (χ2v) is 5.60. The van der Waals surface area contributed by atoms with Crippen LogP contribution in [0, 0.1) is 5.92 Å². The van der Waals surface area contributed by atoms with E-state index in [1.54, 1.807) is 12.4 Å². The fraction of sp³-hybridized carbons (Fsp3) is 0.643. The first-order chi connectivity index (χ1) is 9.74. The van der Waals surface area contributed by atoms with E-state index in [9.17, 15) is 4.79 Å². The lowest BCUT2D eigenvalue weighted by molar-refractivity contribution is -0.135. The van der Waals surface area contributed by atoms with Gasteiger partial charge in [0.2, 0.25) is 5.91 Å². The molecule has 20 heavy (non-hydrogen) atoms. The summed E-state index contributed by atoms with van der Waals surface area (Å²) in [6.45, 7) is 3.59. The second kappa shape index (κ2) is 5.64. The van der Waals surface area contributed by atoms with Crippen molar-refractivity contribution in [1.82, 2.24) is 14.9 Å². The van der Waals surface area contributed by atoms with Crippen molar-refractivity contribution in [3.63, 3.8) is 0 Å². The highest BCUT2D eigenvalue weighted by atomic mass is 16.2. The Morgan fingerprint density at radius 2 is 1.85 bits per heavy atom. The fourth-order valence-electron chi connectivity index (χ4n) is 3.07. The number of carbonyl (C=O) groups is 1. The number of piperidine rings is 1. The van der Waals surface area contributed by atoms with Crippen molar-refractivity contribution in [2.75, 3.05) is 36.8 Å². The molecular formula is C14H21N5O. The molecule has 2 aliphatic rings.